The van der Waals surface area contributed by atoms with Gasteiger partial charge < -0.3 is 26.4 Å². The molecule has 0 aliphatic heterocycles. The third-order valence-corrected chi connectivity index (χ3v) is 3.31. The van der Waals surface area contributed by atoms with Gasteiger partial charge in [0, 0.05) is 0 Å². The van der Waals surface area contributed by atoms with Crippen LogP contribution in [0.5, 0.6) is 11.5 Å². The van der Waals surface area contributed by atoms with E-state index in [4.69, 9.17) is 10.8 Å². The first-order chi connectivity index (χ1) is 11.9. The highest BCUT2D eigenvalue weighted by Crippen LogP contribution is 2.34. The van der Waals surface area contributed by atoms with Crippen molar-refractivity contribution in [2.24, 2.45) is 0 Å². The van der Waals surface area contributed by atoms with Crippen LogP contribution in [0.1, 0.15) is 16.1 Å². The summed E-state index contributed by atoms with van der Waals surface area (Å²) in [6.07, 6.45) is 1.35. The lowest BCUT2D eigenvalue weighted by atomic mass is 10.1. The number of anilines is 2. The first kappa shape index (κ1) is 16.0. The third kappa shape index (κ3) is 2.97. The van der Waals surface area contributed by atoms with E-state index in [9.17, 15) is 19.8 Å². The number of phenolic OH excluding ortho intramolecular Hbond substituents is 1. The Bertz CT molecular complexity index is 1050. The molecule has 128 valence electrons. The minimum atomic E-state index is -1.43. The standard InChI is InChI=1S/C14H12N6O5/c15-14-19-11-8(12(23)20-14)18-5(4-17-11)3-16-7-2-1-6(13(24)25)9(21)10(7)22/h1-2,4,16,21-22H,3H2,(H,24,25)(H3,15,17,19,20,23)/p-1. The number of hydrogen-bond donors (Lipinski definition) is 5. The lowest BCUT2D eigenvalue weighted by Crippen LogP contribution is -2.15. The summed E-state index contributed by atoms with van der Waals surface area (Å²) in [7, 11) is 0. The van der Waals surface area contributed by atoms with Gasteiger partial charge in [0.05, 0.1) is 29.7 Å². The summed E-state index contributed by atoms with van der Waals surface area (Å²) in [6, 6.07) is 2.33. The number of carbonyl (C=O) groups is 1. The molecule has 11 nitrogen and oxygen atoms in total. The molecule has 2 aromatic heterocycles. The number of nitrogens with two attached hydrogens (primary N) is 1. The number of aromatic hydroxyl groups is 1. The molecule has 25 heavy (non-hydrogen) atoms. The van der Waals surface area contributed by atoms with E-state index in [0.717, 1.165) is 6.07 Å². The molecule has 0 saturated heterocycles. The number of benzene rings is 1. The molecule has 0 bridgehead atoms. The number of aromatic amines is 1. The highest BCUT2D eigenvalue weighted by atomic mass is 16.4. The molecule has 1 aromatic carbocycles. The number of carboxylic acid groups (broad SMARTS) is 1. The second kappa shape index (κ2) is 5.96. The number of nitrogens with zero attached hydrogens (tertiary/aromatic N) is 3. The topological polar surface area (TPSA) is 190 Å². The van der Waals surface area contributed by atoms with Gasteiger partial charge in [-0.2, -0.15) is 4.98 Å². The number of phenols is 1. The summed E-state index contributed by atoms with van der Waals surface area (Å²) >= 11 is 0. The molecule has 3 rings (SSSR count). The highest BCUT2D eigenvalue weighted by Gasteiger charge is 2.11. The van der Waals surface area contributed by atoms with Gasteiger partial charge in [-0.05, 0) is 17.9 Å². The van der Waals surface area contributed by atoms with Gasteiger partial charge >= 0.3 is 5.97 Å². The zero-order chi connectivity index (χ0) is 18.1. The van der Waals surface area contributed by atoms with Crippen molar-refractivity contribution in [2.45, 2.75) is 6.54 Å². The fraction of sp³-hybridized carbons (Fsp3) is 0.0714. The Kier molecular flexibility index (Phi) is 3.81. The lowest BCUT2D eigenvalue weighted by molar-refractivity contribution is -0.270. The Morgan fingerprint density at radius 1 is 1.36 bits per heavy atom. The van der Waals surface area contributed by atoms with Gasteiger partial charge in [-0.3, -0.25) is 9.78 Å². The number of nitrogen functional groups attached to an aromatic ring is 1. The molecule has 0 fully saturated rings. The van der Waals surface area contributed by atoms with E-state index in [0.29, 0.717) is 5.69 Å². The van der Waals surface area contributed by atoms with Gasteiger partial charge in [0.2, 0.25) is 5.95 Å². The quantitative estimate of drug-likeness (QED) is 0.382. The fourth-order valence-electron chi connectivity index (χ4n) is 2.12. The molecule has 0 spiro atoms. The molecule has 0 radical (unpaired) electrons. The molecular weight excluding hydrogens is 332 g/mol. The Morgan fingerprint density at radius 2 is 2.12 bits per heavy atom. The Hall–Kier alpha value is -3.89. The van der Waals surface area contributed by atoms with Gasteiger partial charge in [-0.1, -0.05) is 0 Å². The average molecular weight is 343 g/mol. The summed E-state index contributed by atoms with van der Waals surface area (Å²) < 4.78 is 0. The van der Waals surface area contributed by atoms with Crippen molar-refractivity contribution >= 4 is 28.8 Å². The summed E-state index contributed by atoms with van der Waals surface area (Å²) in [6.45, 7) is 0.0200. The van der Waals surface area contributed by atoms with E-state index in [-0.39, 0.29) is 29.3 Å². The van der Waals surface area contributed by atoms with E-state index in [1.807, 2.05) is 0 Å². The lowest BCUT2D eigenvalue weighted by Gasteiger charge is -2.16. The predicted molar refractivity (Wildman–Crippen MR) is 84.2 cm³/mol. The maximum absolute atomic E-state index is 11.8. The summed E-state index contributed by atoms with van der Waals surface area (Å²) in [5.74, 6) is -3.23. The van der Waals surface area contributed by atoms with Gasteiger partial charge in [-0.25, -0.2) is 14.8 Å². The Labute approximate surface area is 138 Å². The summed E-state index contributed by atoms with van der Waals surface area (Å²) in [5, 5.41) is 33.1. The maximum atomic E-state index is 11.8. The van der Waals surface area contributed by atoms with Crippen LogP contribution in [0.25, 0.3) is 11.2 Å². The van der Waals surface area contributed by atoms with E-state index in [1.165, 1.54) is 12.3 Å². The number of carboxylic acids is 1. The smallest absolute Gasteiger partial charge is 0.335 e. The molecule has 0 aliphatic carbocycles. The fourth-order valence-corrected chi connectivity index (χ4v) is 2.12. The molecule has 0 unspecified atom stereocenters. The van der Waals surface area contributed by atoms with Gasteiger partial charge in [0.1, 0.15) is 5.75 Å². The second-order valence-electron chi connectivity index (χ2n) is 4.98. The Morgan fingerprint density at radius 3 is 2.84 bits per heavy atom. The first-order valence-electron chi connectivity index (χ1n) is 6.88. The summed E-state index contributed by atoms with van der Waals surface area (Å²) in [5.41, 5.74) is 4.76. The van der Waals surface area contributed by atoms with Crippen molar-refractivity contribution in [2.75, 3.05) is 11.1 Å². The van der Waals surface area contributed by atoms with Crippen LogP contribution in [0.2, 0.25) is 0 Å². The van der Waals surface area contributed by atoms with E-state index < -0.39 is 28.6 Å². The molecule has 2 heterocycles. The minimum absolute atomic E-state index is 0.0107. The van der Waals surface area contributed by atoms with Crippen LogP contribution in [0.15, 0.2) is 23.1 Å². The van der Waals surface area contributed by atoms with Gasteiger partial charge in [0.15, 0.2) is 11.2 Å². The SMILES string of the molecule is Nc1nc2ncc(CNc3ccc(C(=O)O)c([O-])c3O)nc2c(=O)[nH]1. The number of fused-ring (bicyclic) bond motifs is 1. The van der Waals surface area contributed by atoms with E-state index >= 15 is 0 Å². The monoisotopic (exact) mass is 343 g/mol. The van der Waals surface area contributed by atoms with Gasteiger partial charge in [0.25, 0.3) is 5.56 Å². The number of nitrogens with one attached hydrogen (secondary N) is 2. The van der Waals surface area contributed by atoms with Gasteiger partial charge in [-0.15, -0.1) is 0 Å². The van der Waals surface area contributed by atoms with Crippen LogP contribution < -0.4 is 21.7 Å². The van der Waals surface area contributed by atoms with Crippen molar-refractivity contribution < 1.29 is 20.1 Å². The van der Waals surface area contributed by atoms with E-state index in [1.54, 1.807) is 0 Å². The second-order valence-corrected chi connectivity index (χ2v) is 4.98. The summed E-state index contributed by atoms with van der Waals surface area (Å²) in [4.78, 5) is 36.8. The van der Waals surface area contributed by atoms with Crippen molar-refractivity contribution in [1.29, 1.82) is 0 Å². The van der Waals surface area contributed by atoms with Crippen LogP contribution in [0.4, 0.5) is 11.6 Å². The van der Waals surface area contributed by atoms with Crippen molar-refractivity contribution in [3.8, 4) is 11.5 Å². The van der Waals surface area contributed by atoms with Crippen LogP contribution in [0, 0.1) is 0 Å². The molecular formula is C14H11N6O5-. The number of rotatable bonds is 4. The third-order valence-electron chi connectivity index (χ3n) is 3.31. The zero-order valence-corrected chi connectivity index (χ0v) is 12.5. The molecule has 6 N–H and O–H groups in total. The van der Waals surface area contributed by atoms with Crippen LogP contribution >= 0.6 is 0 Å². The number of H-pyrrole nitrogens is 1. The first-order valence-corrected chi connectivity index (χ1v) is 6.88. The number of hydrogen-bond acceptors (Lipinski definition) is 9. The molecule has 0 aliphatic rings. The number of aromatic carboxylic acids is 1. The minimum Gasteiger partial charge on any atom is -0.869 e. The molecule has 11 heteroatoms. The van der Waals surface area contributed by atoms with E-state index in [2.05, 4.69) is 25.3 Å². The number of aromatic nitrogens is 4. The van der Waals surface area contributed by atoms with Crippen molar-refractivity contribution in [3.05, 3.63) is 39.9 Å². The normalized spacial score (nSPS) is 10.7. The van der Waals surface area contributed by atoms with Crippen LogP contribution in [-0.2, 0) is 6.54 Å². The maximum Gasteiger partial charge on any atom is 0.335 e. The molecule has 3 aromatic rings. The predicted octanol–water partition coefficient (Wildman–Crippen LogP) is -0.615. The van der Waals surface area contributed by atoms with Crippen LogP contribution in [-0.4, -0.2) is 36.1 Å². The van der Waals surface area contributed by atoms with Crippen molar-refractivity contribution in [1.82, 2.24) is 19.9 Å². The molecule has 0 amide bonds. The van der Waals surface area contributed by atoms with Crippen LogP contribution in [0.3, 0.4) is 0 Å². The molecule has 0 atom stereocenters. The average Bonchev–Trinajstić information content (AvgIpc) is 2.56. The largest absolute Gasteiger partial charge is 0.869 e. The van der Waals surface area contributed by atoms with Crippen molar-refractivity contribution in [3.63, 3.8) is 0 Å². The Balaban J connectivity index is 1.87. The molecule has 0 saturated carbocycles. The zero-order valence-electron chi connectivity index (χ0n) is 12.5. The highest BCUT2D eigenvalue weighted by molar-refractivity contribution is 5.93.